The van der Waals surface area contributed by atoms with Crippen LogP contribution >= 0.6 is 22.9 Å². The SMILES string of the molecule is Cc1csc(C(=O)N(CCC#N)C2CC2)c1Cl. The molecule has 0 N–H and O–H groups in total. The van der Waals surface area contributed by atoms with E-state index in [-0.39, 0.29) is 5.91 Å². The van der Waals surface area contributed by atoms with Gasteiger partial charge in [0.2, 0.25) is 0 Å². The van der Waals surface area contributed by atoms with Crippen LogP contribution in [0.15, 0.2) is 5.38 Å². The molecule has 0 spiro atoms. The van der Waals surface area contributed by atoms with E-state index in [1.165, 1.54) is 11.3 Å². The first-order valence-electron chi connectivity index (χ1n) is 5.56. The maximum absolute atomic E-state index is 12.3. The summed E-state index contributed by atoms with van der Waals surface area (Å²) in [7, 11) is 0. The van der Waals surface area contributed by atoms with Crippen molar-refractivity contribution in [3.63, 3.8) is 0 Å². The molecule has 1 amide bonds. The van der Waals surface area contributed by atoms with Gasteiger partial charge in [0, 0.05) is 12.6 Å². The molecule has 1 aliphatic rings. The summed E-state index contributed by atoms with van der Waals surface area (Å²) in [4.78, 5) is 14.7. The van der Waals surface area contributed by atoms with Crippen LogP contribution in [0, 0.1) is 18.3 Å². The van der Waals surface area contributed by atoms with Gasteiger partial charge in [0.05, 0.1) is 17.5 Å². The summed E-state index contributed by atoms with van der Waals surface area (Å²) in [5.74, 6) is -0.0224. The summed E-state index contributed by atoms with van der Waals surface area (Å²) in [6, 6.07) is 2.40. The molecular formula is C12H13ClN2OS. The summed E-state index contributed by atoms with van der Waals surface area (Å²) in [6.07, 6.45) is 2.46. The quantitative estimate of drug-likeness (QED) is 0.841. The summed E-state index contributed by atoms with van der Waals surface area (Å²) in [6.45, 7) is 2.40. The number of carbonyl (C=O) groups excluding carboxylic acids is 1. The Balaban J connectivity index is 2.16. The number of amides is 1. The number of nitriles is 1. The fourth-order valence-electron chi connectivity index (χ4n) is 1.71. The van der Waals surface area contributed by atoms with E-state index in [9.17, 15) is 4.79 Å². The van der Waals surface area contributed by atoms with Gasteiger partial charge >= 0.3 is 0 Å². The molecule has 2 rings (SSSR count). The molecule has 0 radical (unpaired) electrons. The Kier molecular flexibility index (Phi) is 3.70. The number of nitrogens with zero attached hydrogens (tertiary/aromatic N) is 2. The summed E-state index contributed by atoms with van der Waals surface area (Å²) in [5, 5.41) is 11.1. The highest BCUT2D eigenvalue weighted by Crippen LogP contribution is 2.33. The van der Waals surface area contributed by atoms with Gasteiger partial charge in [-0.1, -0.05) is 11.6 Å². The third kappa shape index (κ3) is 2.62. The van der Waals surface area contributed by atoms with Gasteiger partial charge in [-0.25, -0.2) is 0 Å². The molecule has 3 nitrogen and oxygen atoms in total. The van der Waals surface area contributed by atoms with E-state index in [1.807, 2.05) is 12.3 Å². The summed E-state index contributed by atoms with van der Waals surface area (Å²) >= 11 is 7.49. The van der Waals surface area contributed by atoms with Crippen LogP contribution in [0.4, 0.5) is 0 Å². The molecule has 1 heterocycles. The molecule has 0 aromatic carbocycles. The van der Waals surface area contributed by atoms with Crippen LogP contribution in [-0.2, 0) is 0 Å². The normalized spacial score (nSPS) is 14.4. The fraction of sp³-hybridized carbons (Fsp3) is 0.500. The number of thiophene rings is 1. The zero-order valence-corrected chi connectivity index (χ0v) is 11.1. The van der Waals surface area contributed by atoms with E-state index in [0.29, 0.717) is 28.9 Å². The van der Waals surface area contributed by atoms with Gasteiger partial charge in [-0.2, -0.15) is 5.26 Å². The van der Waals surface area contributed by atoms with E-state index >= 15 is 0 Å². The number of hydrogen-bond acceptors (Lipinski definition) is 3. The lowest BCUT2D eigenvalue weighted by molar-refractivity contribution is 0.0752. The lowest BCUT2D eigenvalue weighted by Crippen LogP contribution is -2.33. The van der Waals surface area contributed by atoms with Gasteiger partial charge in [-0.3, -0.25) is 4.79 Å². The number of hydrogen-bond donors (Lipinski definition) is 0. The first kappa shape index (κ1) is 12.4. The molecule has 0 bridgehead atoms. The molecule has 1 fully saturated rings. The van der Waals surface area contributed by atoms with Crippen molar-refractivity contribution in [2.24, 2.45) is 0 Å². The molecule has 0 saturated heterocycles. The second-order valence-corrected chi connectivity index (χ2v) is 5.46. The highest BCUT2D eigenvalue weighted by molar-refractivity contribution is 7.13. The van der Waals surface area contributed by atoms with Crippen molar-refractivity contribution in [1.29, 1.82) is 5.26 Å². The van der Waals surface area contributed by atoms with E-state index in [0.717, 1.165) is 18.4 Å². The minimum Gasteiger partial charge on any atom is -0.334 e. The molecule has 0 aliphatic heterocycles. The second-order valence-electron chi connectivity index (χ2n) is 4.20. The van der Waals surface area contributed by atoms with Gasteiger partial charge in [-0.05, 0) is 30.7 Å². The summed E-state index contributed by atoms with van der Waals surface area (Å²) < 4.78 is 0. The van der Waals surface area contributed by atoms with E-state index in [2.05, 4.69) is 6.07 Å². The lowest BCUT2D eigenvalue weighted by atomic mass is 10.3. The van der Waals surface area contributed by atoms with Crippen molar-refractivity contribution in [2.45, 2.75) is 32.2 Å². The molecular weight excluding hydrogens is 256 g/mol. The van der Waals surface area contributed by atoms with Crippen molar-refractivity contribution in [3.8, 4) is 6.07 Å². The molecule has 1 saturated carbocycles. The monoisotopic (exact) mass is 268 g/mol. The molecule has 0 unspecified atom stereocenters. The highest BCUT2D eigenvalue weighted by atomic mass is 35.5. The van der Waals surface area contributed by atoms with Gasteiger partial charge in [-0.15, -0.1) is 11.3 Å². The lowest BCUT2D eigenvalue weighted by Gasteiger charge is -2.20. The van der Waals surface area contributed by atoms with Crippen molar-refractivity contribution >= 4 is 28.8 Å². The van der Waals surface area contributed by atoms with Crippen LogP contribution in [0.1, 0.15) is 34.5 Å². The Hall–Kier alpha value is -1.05. The van der Waals surface area contributed by atoms with Gasteiger partial charge in [0.25, 0.3) is 5.91 Å². The zero-order chi connectivity index (χ0) is 12.4. The molecule has 1 aliphatic carbocycles. The number of aryl methyl sites for hydroxylation is 1. The third-order valence-corrected chi connectivity index (χ3v) is 4.49. The maximum Gasteiger partial charge on any atom is 0.265 e. The summed E-state index contributed by atoms with van der Waals surface area (Å²) in [5.41, 5.74) is 0.941. The van der Waals surface area contributed by atoms with Crippen LogP contribution in [0.25, 0.3) is 0 Å². The Morgan fingerprint density at radius 3 is 2.88 bits per heavy atom. The van der Waals surface area contributed by atoms with Gasteiger partial charge < -0.3 is 4.90 Å². The Bertz CT molecular complexity index is 473. The molecule has 17 heavy (non-hydrogen) atoms. The average Bonchev–Trinajstić information content (AvgIpc) is 3.08. The molecule has 5 heteroatoms. The largest absolute Gasteiger partial charge is 0.334 e. The smallest absolute Gasteiger partial charge is 0.265 e. The first-order chi connectivity index (χ1) is 8.15. The van der Waals surface area contributed by atoms with Gasteiger partial charge in [0.15, 0.2) is 0 Å². The van der Waals surface area contributed by atoms with Crippen molar-refractivity contribution in [2.75, 3.05) is 6.54 Å². The Morgan fingerprint density at radius 2 is 2.41 bits per heavy atom. The topological polar surface area (TPSA) is 44.1 Å². The third-order valence-electron chi connectivity index (χ3n) is 2.81. The molecule has 0 atom stereocenters. The fourth-order valence-corrected chi connectivity index (χ4v) is 2.94. The van der Waals surface area contributed by atoms with Crippen molar-refractivity contribution in [1.82, 2.24) is 4.90 Å². The highest BCUT2D eigenvalue weighted by Gasteiger charge is 2.34. The zero-order valence-electron chi connectivity index (χ0n) is 9.57. The van der Waals surface area contributed by atoms with Crippen LogP contribution in [0.3, 0.4) is 0 Å². The number of rotatable bonds is 4. The maximum atomic E-state index is 12.3. The minimum absolute atomic E-state index is 0.0224. The number of carbonyl (C=O) groups is 1. The van der Waals surface area contributed by atoms with E-state index in [4.69, 9.17) is 16.9 Å². The van der Waals surface area contributed by atoms with Crippen molar-refractivity contribution in [3.05, 3.63) is 20.8 Å². The average molecular weight is 269 g/mol. The molecule has 1 aromatic rings. The number of halogens is 1. The Morgan fingerprint density at radius 1 is 1.71 bits per heavy atom. The van der Waals surface area contributed by atoms with Crippen molar-refractivity contribution < 1.29 is 4.79 Å². The van der Waals surface area contributed by atoms with Crippen LogP contribution in [-0.4, -0.2) is 23.4 Å². The molecule has 1 aromatic heterocycles. The van der Waals surface area contributed by atoms with E-state index in [1.54, 1.807) is 4.90 Å². The predicted octanol–water partition coefficient (Wildman–Crippen LogP) is 3.23. The predicted molar refractivity (Wildman–Crippen MR) is 68.4 cm³/mol. The van der Waals surface area contributed by atoms with Crippen LogP contribution in [0.2, 0.25) is 5.02 Å². The van der Waals surface area contributed by atoms with E-state index < -0.39 is 0 Å². The first-order valence-corrected chi connectivity index (χ1v) is 6.82. The van der Waals surface area contributed by atoms with Crippen LogP contribution < -0.4 is 0 Å². The van der Waals surface area contributed by atoms with Crippen LogP contribution in [0.5, 0.6) is 0 Å². The second kappa shape index (κ2) is 5.07. The minimum atomic E-state index is -0.0224. The standard InChI is InChI=1S/C12H13ClN2OS/c1-8-7-17-11(10(8)13)12(16)15(6-2-5-14)9-3-4-9/h7,9H,2-4,6H2,1H3. The Labute approximate surface area is 110 Å². The van der Waals surface area contributed by atoms with Gasteiger partial charge in [0.1, 0.15) is 4.88 Å². The molecule has 90 valence electrons.